The van der Waals surface area contributed by atoms with Gasteiger partial charge in [-0.15, -0.1) is 11.3 Å². The second-order valence-corrected chi connectivity index (χ2v) is 11.8. The number of benzene rings is 2. The fraction of sp³-hybridized carbons (Fsp3) is 0.448. The van der Waals surface area contributed by atoms with Crippen LogP contribution >= 0.6 is 22.9 Å². The zero-order chi connectivity index (χ0) is 23.8. The van der Waals surface area contributed by atoms with Crippen molar-refractivity contribution in [2.24, 2.45) is 11.8 Å². The molecule has 2 aromatic heterocycles. The molecule has 2 aliphatic rings. The van der Waals surface area contributed by atoms with Crippen molar-refractivity contribution in [3.05, 3.63) is 57.7 Å². The van der Waals surface area contributed by atoms with Crippen LogP contribution < -0.4 is 15.6 Å². The molecule has 2 saturated heterocycles. The van der Waals surface area contributed by atoms with E-state index in [-0.39, 0.29) is 5.43 Å². The fourth-order valence-electron chi connectivity index (χ4n) is 6.03. The van der Waals surface area contributed by atoms with Gasteiger partial charge in [0.05, 0.1) is 15.6 Å². The Morgan fingerprint density at radius 3 is 2.51 bits per heavy atom. The molecular weight excluding hydrogens is 474 g/mol. The minimum atomic E-state index is 0.0815. The summed E-state index contributed by atoms with van der Waals surface area (Å²) in [4.78, 5) is 21.2. The quantitative estimate of drug-likeness (QED) is 0.234. The highest BCUT2D eigenvalue weighted by Gasteiger charge is 2.24. The highest BCUT2D eigenvalue weighted by Crippen LogP contribution is 2.38. The van der Waals surface area contributed by atoms with Crippen molar-refractivity contribution in [3.8, 4) is 0 Å². The van der Waals surface area contributed by atoms with Crippen LogP contribution in [0.2, 0.25) is 5.02 Å². The van der Waals surface area contributed by atoms with E-state index in [1.165, 1.54) is 58.0 Å². The van der Waals surface area contributed by atoms with Crippen molar-refractivity contribution in [1.29, 1.82) is 0 Å². The van der Waals surface area contributed by atoms with Crippen LogP contribution in [0.15, 0.2) is 47.3 Å². The zero-order valence-electron chi connectivity index (χ0n) is 20.1. The van der Waals surface area contributed by atoms with E-state index in [0.717, 1.165) is 61.8 Å². The maximum atomic E-state index is 13.7. The number of para-hydroxylation sites is 1. The van der Waals surface area contributed by atoms with E-state index in [9.17, 15) is 4.79 Å². The van der Waals surface area contributed by atoms with Crippen LogP contribution in [0.25, 0.3) is 31.1 Å². The van der Waals surface area contributed by atoms with E-state index in [2.05, 4.69) is 10.2 Å². The molecule has 4 aromatic rings. The number of fused-ring (bicyclic) bond motifs is 4. The van der Waals surface area contributed by atoms with Crippen LogP contribution in [0.3, 0.4) is 0 Å². The maximum absolute atomic E-state index is 13.7. The van der Waals surface area contributed by atoms with E-state index in [1.54, 1.807) is 11.3 Å². The number of rotatable bonds is 5. The van der Waals surface area contributed by atoms with Crippen LogP contribution in [0.5, 0.6) is 0 Å². The minimum Gasteiger partial charge on any atom is -0.355 e. The second kappa shape index (κ2) is 10.0. The first-order valence-corrected chi connectivity index (χ1v) is 14.3. The van der Waals surface area contributed by atoms with Crippen LogP contribution in [-0.2, 0) is 0 Å². The van der Waals surface area contributed by atoms with Gasteiger partial charge in [-0.05, 0) is 74.9 Å². The van der Waals surface area contributed by atoms with Crippen LogP contribution in [0.4, 0.5) is 5.82 Å². The minimum absolute atomic E-state index is 0.0815. The summed E-state index contributed by atoms with van der Waals surface area (Å²) < 4.78 is 1.92. The fourth-order valence-corrected chi connectivity index (χ4v) is 7.51. The SMILES string of the molecule is O=c1c2ccc(Cl)cc2sc2c(N3CCC(CCCC4CCNCC4)CC3)nc3ccccc3c12. The summed E-state index contributed by atoms with van der Waals surface area (Å²) >= 11 is 7.94. The highest BCUT2D eigenvalue weighted by molar-refractivity contribution is 7.25. The van der Waals surface area contributed by atoms with Crippen molar-refractivity contribution < 1.29 is 0 Å². The molecule has 0 amide bonds. The number of halogens is 1. The molecule has 0 radical (unpaired) electrons. The lowest BCUT2D eigenvalue weighted by Gasteiger charge is -2.34. The molecule has 35 heavy (non-hydrogen) atoms. The van der Waals surface area contributed by atoms with Gasteiger partial charge in [-0.3, -0.25) is 4.79 Å². The van der Waals surface area contributed by atoms with E-state index in [0.29, 0.717) is 5.02 Å². The lowest BCUT2D eigenvalue weighted by molar-refractivity contribution is 0.313. The van der Waals surface area contributed by atoms with Gasteiger partial charge in [-0.1, -0.05) is 49.1 Å². The van der Waals surface area contributed by atoms with Gasteiger partial charge < -0.3 is 10.2 Å². The zero-order valence-corrected chi connectivity index (χ0v) is 21.6. The first-order chi connectivity index (χ1) is 17.2. The number of anilines is 1. The Morgan fingerprint density at radius 1 is 0.971 bits per heavy atom. The first-order valence-electron chi connectivity index (χ1n) is 13.1. The second-order valence-electron chi connectivity index (χ2n) is 10.3. The number of pyridine rings is 1. The molecule has 0 spiro atoms. The van der Waals surface area contributed by atoms with E-state index in [1.807, 2.05) is 42.5 Å². The Morgan fingerprint density at radius 2 is 1.71 bits per heavy atom. The summed E-state index contributed by atoms with van der Waals surface area (Å²) in [7, 11) is 0. The number of hydrogen-bond acceptors (Lipinski definition) is 5. The van der Waals surface area contributed by atoms with E-state index >= 15 is 0 Å². The largest absolute Gasteiger partial charge is 0.355 e. The molecule has 6 rings (SSSR count). The molecule has 4 nitrogen and oxygen atoms in total. The van der Waals surface area contributed by atoms with E-state index in [4.69, 9.17) is 16.6 Å². The number of aromatic nitrogens is 1. The lowest BCUT2D eigenvalue weighted by Crippen LogP contribution is -2.34. The smallest absolute Gasteiger partial charge is 0.196 e. The monoisotopic (exact) mass is 505 g/mol. The highest BCUT2D eigenvalue weighted by atomic mass is 35.5. The Labute approximate surface area is 215 Å². The predicted octanol–water partition coefficient (Wildman–Crippen LogP) is 7.00. The molecule has 0 unspecified atom stereocenters. The predicted molar refractivity (Wildman–Crippen MR) is 150 cm³/mol. The molecule has 2 aliphatic heterocycles. The van der Waals surface area contributed by atoms with Crippen LogP contribution in [0, 0.1) is 11.8 Å². The van der Waals surface area contributed by atoms with Gasteiger partial charge in [-0.2, -0.15) is 0 Å². The average Bonchev–Trinajstić information content (AvgIpc) is 2.89. The summed E-state index contributed by atoms with van der Waals surface area (Å²) in [5.41, 5.74) is 0.981. The number of nitrogens with one attached hydrogen (secondary N) is 1. The van der Waals surface area contributed by atoms with Crippen molar-refractivity contribution in [3.63, 3.8) is 0 Å². The Hall–Kier alpha value is -2.21. The molecule has 6 heteroatoms. The summed E-state index contributed by atoms with van der Waals surface area (Å²) in [6.07, 6.45) is 9.21. The summed E-state index contributed by atoms with van der Waals surface area (Å²) in [5.74, 6) is 2.70. The third-order valence-electron chi connectivity index (χ3n) is 8.05. The van der Waals surface area contributed by atoms with Crippen LogP contribution in [0.1, 0.15) is 44.9 Å². The number of hydrogen-bond donors (Lipinski definition) is 1. The lowest BCUT2D eigenvalue weighted by atomic mass is 9.87. The molecule has 0 saturated carbocycles. The topological polar surface area (TPSA) is 45.2 Å². The molecule has 182 valence electrons. The molecular formula is C29H32ClN3OS. The average molecular weight is 506 g/mol. The van der Waals surface area contributed by atoms with E-state index < -0.39 is 0 Å². The molecule has 4 heterocycles. The van der Waals surface area contributed by atoms with Crippen molar-refractivity contribution >= 4 is 59.8 Å². The molecule has 2 aromatic carbocycles. The van der Waals surface area contributed by atoms with Gasteiger partial charge in [0.25, 0.3) is 0 Å². The summed E-state index contributed by atoms with van der Waals surface area (Å²) in [6, 6.07) is 13.6. The van der Waals surface area contributed by atoms with Gasteiger partial charge in [0.1, 0.15) is 5.82 Å². The molecule has 0 bridgehead atoms. The Balaban J connectivity index is 1.28. The third kappa shape index (κ3) is 4.66. The van der Waals surface area contributed by atoms with Gasteiger partial charge in [-0.25, -0.2) is 4.98 Å². The van der Waals surface area contributed by atoms with Crippen LogP contribution in [-0.4, -0.2) is 31.2 Å². The Kier molecular flexibility index (Phi) is 6.66. The van der Waals surface area contributed by atoms with Crippen molar-refractivity contribution in [2.45, 2.75) is 44.9 Å². The molecule has 0 aliphatic carbocycles. The summed E-state index contributed by atoms with van der Waals surface area (Å²) in [6.45, 7) is 4.41. The standard InChI is InChI=1S/C29H32ClN3OS/c30-21-8-9-23-25(18-21)35-28-26(27(23)34)22-6-1-2-7-24(22)32-29(28)33-16-12-20(13-17-33)5-3-4-19-10-14-31-15-11-19/h1-2,6-9,18-20,31H,3-5,10-17H2. The Bertz CT molecular complexity index is 1420. The third-order valence-corrected chi connectivity index (χ3v) is 9.44. The van der Waals surface area contributed by atoms with Crippen molar-refractivity contribution in [1.82, 2.24) is 10.3 Å². The first kappa shape index (κ1) is 23.2. The molecule has 1 N–H and O–H groups in total. The number of nitrogens with zero attached hydrogens (tertiary/aromatic N) is 2. The normalized spacial score (nSPS) is 18.1. The number of piperidine rings is 2. The van der Waals surface area contributed by atoms with Crippen molar-refractivity contribution in [2.75, 3.05) is 31.1 Å². The van der Waals surface area contributed by atoms with Gasteiger partial charge in [0, 0.05) is 33.6 Å². The van der Waals surface area contributed by atoms with Gasteiger partial charge in [0.15, 0.2) is 5.43 Å². The maximum Gasteiger partial charge on any atom is 0.196 e. The molecule has 0 atom stereocenters. The molecule has 2 fully saturated rings. The van der Waals surface area contributed by atoms with Gasteiger partial charge in [0.2, 0.25) is 0 Å². The van der Waals surface area contributed by atoms with Gasteiger partial charge >= 0.3 is 0 Å². The summed E-state index contributed by atoms with van der Waals surface area (Å²) in [5, 5.41) is 6.62.